The van der Waals surface area contributed by atoms with Crippen LogP contribution in [-0.2, 0) is 13.1 Å². The lowest BCUT2D eigenvalue weighted by Crippen LogP contribution is -2.36. The van der Waals surface area contributed by atoms with Crippen LogP contribution < -0.4 is 15.5 Å². The molecule has 2 N–H and O–H groups in total. The van der Waals surface area contributed by atoms with Crippen LogP contribution in [0.2, 0.25) is 0 Å². The van der Waals surface area contributed by atoms with Gasteiger partial charge in [0.1, 0.15) is 5.82 Å². The smallest absolute Gasteiger partial charge is 0.191 e. The van der Waals surface area contributed by atoms with Gasteiger partial charge in [0.2, 0.25) is 0 Å². The number of pyridine rings is 1. The highest BCUT2D eigenvalue weighted by molar-refractivity contribution is 14.0. The summed E-state index contributed by atoms with van der Waals surface area (Å²) < 4.78 is 5.36. The van der Waals surface area contributed by atoms with E-state index in [1.165, 1.54) is 0 Å². The summed E-state index contributed by atoms with van der Waals surface area (Å²) in [7, 11) is 0. The Labute approximate surface area is 185 Å². The molecule has 2 aromatic heterocycles. The van der Waals surface area contributed by atoms with Crippen molar-refractivity contribution in [3.05, 3.63) is 41.4 Å². The maximum atomic E-state index is 5.36. The van der Waals surface area contributed by atoms with Crippen LogP contribution in [0.15, 0.2) is 33.9 Å². The number of aliphatic imine (C=N–C) groups is 1. The van der Waals surface area contributed by atoms with Crippen molar-refractivity contribution in [3.8, 4) is 0 Å². The van der Waals surface area contributed by atoms with Crippen LogP contribution in [0.5, 0.6) is 0 Å². The van der Waals surface area contributed by atoms with Gasteiger partial charge in [-0.15, -0.1) is 24.0 Å². The molecular weight excluding hydrogens is 467 g/mol. The standard InChI is InChI=1S/C20H32N6O.HI/c1-6-21-20(24-14-17-11-18(15(4)5)25-27-17)23-13-16-9-10-19(22-12-16)26(7-2)8-3;/h9-12,15H,6-8,13-14H2,1-5H3,(H2,21,23,24);1H. The second kappa shape index (κ2) is 12.6. The quantitative estimate of drug-likeness (QED) is 0.309. The highest BCUT2D eigenvalue weighted by Gasteiger charge is 2.08. The van der Waals surface area contributed by atoms with E-state index in [0.29, 0.717) is 19.0 Å². The Bertz CT molecular complexity index is 710. The highest BCUT2D eigenvalue weighted by atomic mass is 127. The summed E-state index contributed by atoms with van der Waals surface area (Å²) in [6, 6.07) is 6.12. The zero-order valence-corrected chi connectivity index (χ0v) is 19.9. The van der Waals surface area contributed by atoms with Crippen molar-refractivity contribution >= 4 is 35.8 Å². The maximum absolute atomic E-state index is 5.36. The molecule has 0 unspecified atom stereocenters. The second-order valence-electron chi connectivity index (χ2n) is 6.62. The Hall–Kier alpha value is -1.84. The van der Waals surface area contributed by atoms with Gasteiger partial charge in [0.05, 0.1) is 18.8 Å². The molecule has 156 valence electrons. The normalized spacial score (nSPS) is 11.3. The van der Waals surface area contributed by atoms with Gasteiger partial charge in [-0.25, -0.2) is 9.98 Å². The van der Waals surface area contributed by atoms with Gasteiger partial charge < -0.3 is 20.1 Å². The molecule has 0 aliphatic heterocycles. The lowest BCUT2D eigenvalue weighted by atomic mass is 10.1. The van der Waals surface area contributed by atoms with Gasteiger partial charge in [0.15, 0.2) is 11.7 Å². The number of hydrogen-bond acceptors (Lipinski definition) is 5. The van der Waals surface area contributed by atoms with Gasteiger partial charge in [-0.1, -0.05) is 25.1 Å². The molecule has 0 fully saturated rings. The fraction of sp³-hybridized carbons (Fsp3) is 0.550. The Morgan fingerprint density at radius 3 is 2.46 bits per heavy atom. The van der Waals surface area contributed by atoms with E-state index in [2.05, 4.69) is 70.5 Å². The fourth-order valence-corrected chi connectivity index (χ4v) is 2.61. The van der Waals surface area contributed by atoms with Crippen molar-refractivity contribution in [3.63, 3.8) is 0 Å². The van der Waals surface area contributed by atoms with Crippen molar-refractivity contribution in [1.29, 1.82) is 0 Å². The molecule has 0 aliphatic rings. The molecule has 0 saturated carbocycles. The number of nitrogens with one attached hydrogen (secondary N) is 2. The predicted molar refractivity (Wildman–Crippen MR) is 125 cm³/mol. The van der Waals surface area contributed by atoms with Gasteiger partial charge in [0.25, 0.3) is 0 Å². The minimum absolute atomic E-state index is 0. The van der Waals surface area contributed by atoms with Crippen molar-refractivity contribution < 1.29 is 4.52 Å². The molecule has 28 heavy (non-hydrogen) atoms. The number of aromatic nitrogens is 2. The van der Waals surface area contributed by atoms with E-state index in [1.807, 2.05) is 19.2 Å². The van der Waals surface area contributed by atoms with E-state index in [0.717, 1.165) is 48.4 Å². The summed E-state index contributed by atoms with van der Waals surface area (Å²) in [6.07, 6.45) is 1.89. The number of anilines is 1. The first-order chi connectivity index (χ1) is 13.1. The number of hydrogen-bond donors (Lipinski definition) is 2. The van der Waals surface area contributed by atoms with Gasteiger partial charge in [-0.3, -0.25) is 0 Å². The third-order valence-corrected chi connectivity index (χ3v) is 4.26. The predicted octanol–water partition coefficient (Wildman–Crippen LogP) is 3.91. The Kier molecular flexibility index (Phi) is 10.9. The lowest BCUT2D eigenvalue weighted by molar-refractivity contribution is 0.372. The first-order valence-electron chi connectivity index (χ1n) is 9.74. The second-order valence-corrected chi connectivity index (χ2v) is 6.62. The van der Waals surface area contributed by atoms with Crippen molar-refractivity contribution in [2.24, 2.45) is 4.99 Å². The topological polar surface area (TPSA) is 78.6 Å². The van der Waals surface area contributed by atoms with Crippen LogP contribution in [0.3, 0.4) is 0 Å². The maximum Gasteiger partial charge on any atom is 0.191 e. The molecular formula is C20H33IN6O. The first-order valence-corrected chi connectivity index (χ1v) is 9.74. The number of guanidine groups is 1. The molecule has 0 radical (unpaired) electrons. The zero-order chi connectivity index (χ0) is 19.6. The summed E-state index contributed by atoms with van der Waals surface area (Å²) in [5, 5.41) is 10.6. The summed E-state index contributed by atoms with van der Waals surface area (Å²) >= 11 is 0. The Balaban J connectivity index is 0.00000392. The third kappa shape index (κ3) is 7.29. The van der Waals surface area contributed by atoms with Crippen molar-refractivity contribution in [2.45, 2.75) is 53.6 Å². The minimum Gasteiger partial charge on any atom is -0.359 e. The Morgan fingerprint density at radius 1 is 1.18 bits per heavy atom. The van der Waals surface area contributed by atoms with Crippen LogP contribution >= 0.6 is 24.0 Å². The summed E-state index contributed by atoms with van der Waals surface area (Å²) in [5.74, 6) is 2.91. The summed E-state index contributed by atoms with van der Waals surface area (Å²) in [6.45, 7) is 14.3. The number of nitrogens with zero attached hydrogens (tertiary/aromatic N) is 4. The van der Waals surface area contributed by atoms with Crippen LogP contribution in [0, 0.1) is 0 Å². The lowest BCUT2D eigenvalue weighted by Gasteiger charge is -2.19. The number of rotatable bonds is 9. The molecule has 0 aromatic carbocycles. The van der Waals surface area contributed by atoms with E-state index < -0.39 is 0 Å². The largest absolute Gasteiger partial charge is 0.359 e. The molecule has 0 aliphatic carbocycles. The Morgan fingerprint density at radius 2 is 1.93 bits per heavy atom. The van der Waals surface area contributed by atoms with Crippen LogP contribution in [0.25, 0.3) is 0 Å². The molecule has 2 aromatic rings. The monoisotopic (exact) mass is 500 g/mol. The molecule has 0 atom stereocenters. The molecule has 0 amide bonds. The molecule has 0 spiro atoms. The average Bonchev–Trinajstić information content (AvgIpc) is 3.15. The van der Waals surface area contributed by atoms with Crippen LogP contribution in [0.4, 0.5) is 5.82 Å². The fourth-order valence-electron chi connectivity index (χ4n) is 2.61. The molecule has 8 heteroatoms. The molecule has 0 saturated heterocycles. The summed E-state index contributed by atoms with van der Waals surface area (Å²) in [4.78, 5) is 11.4. The van der Waals surface area contributed by atoms with Gasteiger partial charge >= 0.3 is 0 Å². The minimum atomic E-state index is 0. The average molecular weight is 500 g/mol. The number of halogens is 1. The van der Waals surface area contributed by atoms with Crippen molar-refractivity contribution in [1.82, 2.24) is 20.8 Å². The first kappa shape index (κ1) is 24.2. The van der Waals surface area contributed by atoms with E-state index in [4.69, 9.17) is 4.52 Å². The van der Waals surface area contributed by atoms with Crippen LogP contribution in [-0.4, -0.2) is 35.7 Å². The van der Waals surface area contributed by atoms with E-state index in [-0.39, 0.29) is 24.0 Å². The SMILES string of the molecule is CCNC(=NCc1ccc(N(CC)CC)nc1)NCc1cc(C(C)C)no1.I. The zero-order valence-electron chi connectivity index (χ0n) is 17.5. The van der Waals surface area contributed by atoms with E-state index in [9.17, 15) is 0 Å². The molecule has 2 rings (SSSR count). The molecule has 2 heterocycles. The third-order valence-electron chi connectivity index (χ3n) is 4.26. The van der Waals surface area contributed by atoms with Gasteiger partial charge in [-0.2, -0.15) is 0 Å². The molecule has 7 nitrogen and oxygen atoms in total. The van der Waals surface area contributed by atoms with Gasteiger partial charge in [-0.05, 0) is 38.3 Å². The van der Waals surface area contributed by atoms with E-state index in [1.54, 1.807) is 0 Å². The van der Waals surface area contributed by atoms with E-state index >= 15 is 0 Å². The van der Waals surface area contributed by atoms with Crippen molar-refractivity contribution in [2.75, 3.05) is 24.5 Å². The van der Waals surface area contributed by atoms with Gasteiger partial charge in [0, 0.05) is 31.9 Å². The summed E-state index contributed by atoms with van der Waals surface area (Å²) in [5.41, 5.74) is 2.04. The van der Waals surface area contributed by atoms with Crippen LogP contribution in [0.1, 0.15) is 57.6 Å². The molecule has 0 bridgehead atoms. The highest BCUT2D eigenvalue weighted by Crippen LogP contribution is 2.14.